The molecular weight excluding hydrogens is 437 g/mol. The lowest BCUT2D eigenvalue weighted by atomic mass is 9.60. The maximum absolute atomic E-state index is 12.7. The first kappa shape index (κ1) is 25.3. The van der Waals surface area contributed by atoms with Crippen LogP contribution in [0.2, 0.25) is 0 Å². The molecule has 34 heavy (non-hydrogen) atoms. The van der Waals surface area contributed by atoms with E-state index in [0.717, 1.165) is 61.5 Å². The molecule has 0 N–H and O–H groups in total. The Labute approximate surface area is 202 Å². The van der Waals surface area contributed by atoms with Gasteiger partial charge in [-0.2, -0.15) is 13.2 Å². The van der Waals surface area contributed by atoms with Crippen LogP contribution in [0.4, 0.5) is 13.2 Å². The van der Waals surface area contributed by atoms with E-state index in [2.05, 4.69) is 19.1 Å². The first-order chi connectivity index (χ1) is 16.3. The lowest BCUT2D eigenvalue weighted by Crippen LogP contribution is -2.35. The molecule has 4 rings (SSSR count). The van der Waals surface area contributed by atoms with E-state index in [0.29, 0.717) is 5.92 Å². The van der Waals surface area contributed by atoms with Gasteiger partial charge in [-0.3, -0.25) is 4.79 Å². The van der Waals surface area contributed by atoms with Crippen LogP contribution in [0.25, 0.3) is 0 Å². The highest BCUT2D eigenvalue weighted by Crippen LogP contribution is 2.49. The summed E-state index contributed by atoms with van der Waals surface area (Å²) in [5.74, 6) is 4.02. The van der Waals surface area contributed by atoms with Crippen molar-refractivity contribution in [2.75, 3.05) is 0 Å². The van der Waals surface area contributed by atoms with Gasteiger partial charge in [0.25, 0.3) is 0 Å². The van der Waals surface area contributed by atoms with E-state index in [9.17, 15) is 18.0 Å². The van der Waals surface area contributed by atoms with Gasteiger partial charge in [-0.1, -0.05) is 18.6 Å². The Morgan fingerprint density at radius 2 is 1.47 bits per heavy atom. The molecule has 0 spiro atoms. The molecule has 3 saturated carbocycles. The van der Waals surface area contributed by atoms with E-state index in [1.807, 2.05) is 0 Å². The van der Waals surface area contributed by atoms with Crippen molar-refractivity contribution in [1.29, 1.82) is 0 Å². The molecule has 5 heteroatoms. The van der Waals surface area contributed by atoms with Gasteiger partial charge in [0.2, 0.25) is 0 Å². The summed E-state index contributed by atoms with van der Waals surface area (Å²) in [5.41, 5.74) is -0.732. The number of ether oxygens (including phenoxy) is 1. The molecule has 3 aliphatic rings. The van der Waals surface area contributed by atoms with E-state index < -0.39 is 11.7 Å². The second-order valence-corrected chi connectivity index (χ2v) is 11.0. The quantitative estimate of drug-likeness (QED) is 0.233. The Bertz CT molecular complexity index is 821. The van der Waals surface area contributed by atoms with E-state index in [-0.39, 0.29) is 17.6 Å². The predicted octanol–water partition coefficient (Wildman–Crippen LogP) is 8.61. The van der Waals surface area contributed by atoms with Gasteiger partial charge in [0.15, 0.2) is 0 Å². The van der Waals surface area contributed by atoms with Crippen molar-refractivity contribution in [2.24, 2.45) is 35.5 Å². The van der Waals surface area contributed by atoms with E-state index in [1.165, 1.54) is 63.5 Å². The Balaban J connectivity index is 1.20. The third-order valence-electron chi connectivity index (χ3n) is 8.91. The zero-order chi connectivity index (χ0) is 24.1. The molecule has 4 atom stereocenters. The smallest absolute Gasteiger partial charge is 0.416 e. The lowest BCUT2D eigenvalue weighted by Gasteiger charge is -2.45. The zero-order valence-corrected chi connectivity index (χ0v) is 20.4. The third kappa shape index (κ3) is 6.46. The SMILES string of the molecule is C/C=C/CCC1CCC2CC(C3CCC(C(=O)Oc4ccc(C(F)(F)F)cc4)CC3)CCC2C1. The summed E-state index contributed by atoms with van der Waals surface area (Å²) in [5, 5.41) is 0. The van der Waals surface area contributed by atoms with Gasteiger partial charge in [-0.15, -0.1) is 0 Å². The number of carbonyl (C=O) groups excluding carboxylic acids is 1. The average Bonchev–Trinajstić information content (AvgIpc) is 2.84. The first-order valence-electron chi connectivity index (χ1n) is 13.3. The minimum Gasteiger partial charge on any atom is -0.426 e. The van der Waals surface area contributed by atoms with Gasteiger partial charge in [0.1, 0.15) is 5.75 Å². The topological polar surface area (TPSA) is 26.3 Å². The Hall–Kier alpha value is -1.78. The van der Waals surface area contributed by atoms with Crippen molar-refractivity contribution in [3.63, 3.8) is 0 Å². The predicted molar refractivity (Wildman–Crippen MR) is 128 cm³/mol. The molecular formula is C29H39F3O2. The average molecular weight is 477 g/mol. The molecule has 0 bridgehead atoms. The largest absolute Gasteiger partial charge is 0.426 e. The minimum absolute atomic E-state index is 0.137. The van der Waals surface area contributed by atoms with Crippen molar-refractivity contribution in [3.05, 3.63) is 42.0 Å². The number of alkyl halides is 3. The molecule has 4 unspecified atom stereocenters. The molecule has 0 heterocycles. The number of halogens is 3. The lowest BCUT2D eigenvalue weighted by molar-refractivity contribution is -0.140. The highest BCUT2D eigenvalue weighted by molar-refractivity contribution is 5.75. The number of esters is 1. The molecule has 1 aromatic rings. The fourth-order valence-corrected chi connectivity index (χ4v) is 6.95. The van der Waals surface area contributed by atoms with Gasteiger partial charge >= 0.3 is 12.1 Å². The van der Waals surface area contributed by atoms with Crippen LogP contribution in [-0.2, 0) is 11.0 Å². The van der Waals surface area contributed by atoms with Gasteiger partial charge in [0, 0.05) is 0 Å². The van der Waals surface area contributed by atoms with Gasteiger partial charge in [-0.05, 0) is 131 Å². The van der Waals surface area contributed by atoms with Crippen LogP contribution < -0.4 is 4.74 Å². The molecule has 0 aromatic heterocycles. The monoisotopic (exact) mass is 476 g/mol. The van der Waals surface area contributed by atoms with Crippen molar-refractivity contribution < 1.29 is 22.7 Å². The second-order valence-electron chi connectivity index (χ2n) is 11.0. The van der Waals surface area contributed by atoms with Crippen molar-refractivity contribution in [3.8, 4) is 5.75 Å². The van der Waals surface area contributed by atoms with Crippen LogP contribution in [0.3, 0.4) is 0 Å². The molecule has 3 fully saturated rings. The Morgan fingerprint density at radius 3 is 2.12 bits per heavy atom. The number of allylic oxidation sites excluding steroid dienone is 2. The molecule has 0 radical (unpaired) electrons. The van der Waals surface area contributed by atoms with Gasteiger partial charge < -0.3 is 4.74 Å². The maximum Gasteiger partial charge on any atom is 0.416 e. The van der Waals surface area contributed by atoms with Crippen LogP contribution in [-0.4, -0.2) is 5.97 Å². The Morgan fingerprint density at radius 1 is 0.882 bits per heavy atom. The minimum atomic E-state index is -4.38. The molecule has 1 aromatic carbocycles. The number of fused-ring (bicyclic) bond motifs is 1. The van der Waals surface area contributed by atoms with Gasteiger partial charge in [-0.25, -0.2) is 0 Å². The maximum atomic E-state index is 12.7. The molecule has 0 saturated heterocycles. The summed E-state index contributed by atoms with van der Waals surface area (Å²) in [6, 6.07) is 4.40. The summed E-state index contributed by atoms with van der Waals surface area (Å²) in [6.45, 7) is 2.11. The highest BCUT2D eigenvalue weighted by Gasteiger charge is 2.39. The van der Waals surface area contributed by atoms with Crippen molar-refractivity contribution in [1.82, 2.24) is 0 Å². The number of rotatable bonds is 6. The molecule has 3 aliphatic carbocycles. The van der Waals surface area contributed by atoms with E-state index in [1.54, 1.807) is 0 Å². The third-order valence-corrected chi connectivity index (χ3v) is 8.91. The number of hydrogen-bond acceptors (Lipinski definition) is 2. The molecule has 2 nitrogen and oxygen atoms in total. The standard InChI is InChI=1S/C29H39F3O2/c1-2-3-4-5-20-6-7-25-19-24(13-12-23(25)18-20)21-8-10-22(11-9-21)28(33)34-27-16-14-26(15-17-27)29(30,31)32/h2-3,14-17,20-25H,4-13,18-19H2,1H3/b3-2+. The van der Waals surface area contributed by atoms with Crippen LogP contribution in [0.1, 0.15) is 89.5 Å². The summed E-state index contributed by atoms with van der Waals surface area (Å²) in [6.07, 6.45) is 14.8. The van der Waals surface area contributed by atoms with Crippen LogP contribution in [0.5, 0.6) is 5.75 Å². The fourth-order valence-electron chi connectivity index (χ4n) is 6.95. The zero-order valence-electron chi connectivity index (χ0n) is 20.4. The van der Waals surface area contributed by atoms with E-state index >= 15 is 0 Å². The summed E-state index contributed by atoms with van der Waals surface area (Å²) in [4.78, 5) is 12.6. The first-order valence-corrected chi connectivity index (χ1v) is 13.3. The van der Waals surface area contributed by atoms with Gasteiger partial charge in [0.05, 0.1) is 11.5 Å². The fraction of sp³-hybridized carbons (Fsp3) is 0.690. The molecule has 0 amide bonds. The highest BCUT2D eigenvalue weighted by atomic mass is 19.4. The van der Waals surface area contributed by atoms with Crippen LogP contribution in [0.15, 0.2) is 36.4 Å². The summed E-state index contributed by atoms with van der Waals surface area (Å²) >= 11 is 0. The second kappa shape index (κ2) is 11.3. The molecule has 0 aliphatic heterocycles. The molecule has 188 valence electrons. The summed E-state index contributed by atoms with van der Waals surface area (Å²) < 4.78 is 43.6. The van der Waals surface area contributed by atoms with Crippen molar-refractivity contribution >= 4 is 5.97 Å². The van der Waals surface area contributed by atoms with Crippen molar-refractivity contribution in [2.45, 2.75) is 90.1 Å². The van der Waals surface area contributed by atoms with Crippen LogP contribution >= 0.6 is 0 Å². The normalized spacial score (nSPS) is 32.4. The number of carbonyl (C=O) groups is 1. The van der Waals surface area contributed by atoms with E-state index in [4.69, 9.17) is 4.74 Å². The van der Waals surface area contributed by atoms with Crippen LogP contribution in [0, 0.1) is 35.5 Å². The number of benzene rings is 1. The Kier molecular flexibility index (Phi) is 8.42. The number of hydrogen-bond donors (Lipinski definition) is 0. The summed E-state index contributed by atoms with van der Waals surface area (Å²) in [7, 11) is 0.